The maximum absolute atomic E-state index is 14.4. The first-order chi connectivity index (χ1) is 11.8. The van der Waals surface area contributed by atoms with Gasteiger partial charge in [-0.1, -0.05) is 6.92 Å². The van der Waals surface area contributed by atoms with E-state index in [-0.39, 0.29) is 23.9 Å². The fourth-order valence-electron chi connectivity index (χ4n) is 2.79. The molecule has 0 atom stereocenters. The molecule has 136 valence electrons. The standard InChI is InChI=1S/C15H21FN6O2S/c1-4-12-14(16)15(18-10-17-12)21-5-7-22(8-6-21)25(23,24)13-9-20(3)11(2)19-13/h9-10H,4-8H2,1-3H3. The Kier molecular flexibility index (Phi) is 4.74. The Bertz CT molecular complexity index is 855. The predicted octanol–water partition coefficient (Wildman–Crippen LogP) is 0.731. The maximum atomic E-state index is 14.4. The van der Waals surface area contributed by atoms with Crippen molar-refractivity contribution in [3.63, 3.8) is 0 Å². The number of sulfonamides is 1. The van der Waals surface area contributed by atoms with Gasteiger partial charge in [-0.3, -0.25) is 0 Å². The van der Waals surface area contributed by atoms with Crippen LogP contribution >= 0.6 is 0 Å². The molecule has 1 saturated heterocycles. The highest BCUT2D eigenvalue weighted by Gasteiger charge is 2.31. The third kappa shape index (κ3) is 3.23. The van der Waals surface area contributed by atoms with Crippen molar-refractivity contribution in [1.29, 1.82) is 0 Å². The summed E-state index contributed by atoms with van der Waals surface area (Å²) >= 11 is 0. The number of imidazole rings is 1. The van der Waals surface area contributed by atoms with E-state index in [1.807, 2.05) is 6.92 Å². The van der Waals surface area contributed by atoms with E-state index in [0.717, 1.165) is 0 Å². The van der Waals surface area contributed by atoms with Crippen molar-refractivity contribution < 1.29 is 12.8 Å². The molecule has 2 aromatic rings. The van der Waals surface area contributed by atoms with Gasteiger partial charge in [0.2, 0.25) is 0 Å². The third-order valence-corrected chi connectivity index (χ3v) is 6.18. The summed E-state index contributed by atoms with van der Waals surface area (Å²) in [6.07, 6.45) is 3.33. The fraction of sp³-hybridized carbons (Fsp3) is 0.533. The third-order valence-electron chi connectivity index (χ3n) is 4.41. The number of aryl methyl sites for hydroxylation is 3. The van der Waals surface area contributed by atoms with E-state index in [1.54, 1.807) is 23.4 Å². The lowest BCUT2D eigenvalue weighted by atomic mass is 10.2. The van der Waals surface area contributed by atoms with Gasteiger partial charge in [-0.05, 0) is 13.3 Å². The SMILES string of the molecule is CCc1ncnc(N2CCN(S(=O)(=O)c3cn(C)c(C)n3)CC2)c1F. The highest BCUT2D eigenvalue weighted by Crippen LogP contribution is 2.22. The summed E-state index contributed by atoms with van der Waals surface area (Å²) in [4.78, 5) is 13.8. The van der Waals surface area contributed by atoms with Gasteiger partial charge in [0.25, 0.3) is 10.0 Å². The molecule has 0 N–H and O–H groups in total. The molecule has 0 spiro atoms. The Morgan fingerprint density at radius 3 is 2.44 bits per heavy atom. The van der Waals surface area contributed by atoms with Crippen molar-refractivity contribution in [2.45, 2.75) is 25.3 Å². The largest absolute Gasteiger partial charge is 0.351 e. The lowest BCUT2D eigenvalue weighted by Gasteiger charge is -2.34. The summed E-state index contributed by atoms with van der Waals surface area (Å²) in [6, 6.07) is 0. The van der Waals surface area contributed by atoms with Gasteiger partial charge in [0, 0.05) is 39.4 Å². The highest BCUT2D eigenvalue weighted by molar-refractivity contribution is 7.89. The van der Waals surface area contributed by atoms with E-state index < -0.39 is 15.8 Å². The summed E-state index contributed by atoms with van der Waals surface area (Å²) in [6.45, 7) is 4.81. The van der Waals surface area contributed by atoms with Gasteiger partial charge in [-0.15, -0.1) is 0 Å². The molecule has 0 aromatic carbocycles. The van der Waals surface area contributed by atoms with Gasteiger partial charge in [0.15, 0.2) is 16.7 Å². The molecule has 1 aliphatic heterocycles. The molecule has 3 rings (SSSR count). The second-order valence-corrected chi connectivity index (χ2v) is 7.82. The van der Waals surface area contributed by atoms with Crippen molar-refractivity contribution in [1.82, 2.24) is 23.8 Å². The molecule has 8 nitrogen and oxygen atoms in total. The van der Waals surface area contributed by atoms with Crippen molar-refractivity contribution in [3.8, 4) is 0 Å². The minimum atomic E-state index is -3.64. The van der Waals surface area contributed by atoms with E-state index in [1.165, 1.54) is 16.8 Å². The van der Waals surface area contributed by atoms with Crippen LogP contribution in [0.4, 0.5) is 10.2 Å². The molecule has 0 saturated carbocycles. The smallest absolute Gasteiger partial charge is 0.262 e. The molecule has 1 aliphatic rings. The van der Waals surface area contributed by atoms with Crippen LogP contribution in [0.25, 0.3) is 0 Å². The van der Waals surface area contributed by atoms with Crippen LogP contribution in [-0.4, -0.2) is 58.4 Å². The first-order valence-corrected chi connectivity index (χ1v) is 9.53. The van der Waals surface area contributed by atoms with Crippen LogP contribution < -0.4 is 4.90 Å². The van der Waals surface area contributed by atoms with E-state index in [9.17, 15) is 12.8 Å². The number of hydrogen-bond donors (Lipinski definition) is 0. The number of piperazine rings is 1. The predicted molar refractivity (Wildman–Crippen MR) is 90.3 cm³/mol. The molecule has 0 aliphatic carbocycles. The van der Waals surface area contributed by atoms with Crippen LogP contribution in [-0.2, 0) is 23.5 Å². The number of hydrogen-bond acceptors (Lipinski definition) is 6. The number of halogens is 1. The average molecular weight is 368 g/mol. The Hall–Kier alpha value is -2.07. The number of nitrogens with zero attached hydrogens (tertiary/aromatic N) is 6. The summed E-state index contributed by atoms with van der Waals surface area (Å²) < 4.78 is 42.8. The molecule has 0 radical (unpaired) electrons. The van der Waals surface area contributed by atoms with Crippen molar-refractivity contribution in [2.24, 2.45) is 7.05 Å². The van der Waals surface area contributed by atoms with Crippen LogP contribution in [0.2, 0.25) is 0 Å². The number of aromatic nitrogens is 4. The monoisotopic (exact) mass is 368 g/mol. The Morgan fingerprint density at radius 2 is 1.88 bits per heavy atom. The summed E-state index contributed by atoms with van der Waals surface area (Å²) in [5, 5.41) is 0.0439. The summed E-state index contributed by atoms with van der Waals surface area (Å²) in [7, 11) is -1.89. The van der Waals surface area contributed by atoms with E-state index in [4.69, 9.17) is 0 Å². The molecule has 1 fully saturated rings. The van der Waals surface area contributed by atoms with Crippen LogP contribution in [0, 0.1) is 12.7 Å². The van der Waals surface area contributed by atoms with Crippen LogP contribution in [0.3, 0.4) is 0 Å². The van der Waals surface area contributed by atoms with Crippen molar-refractivity contribution in [2.75, 3.05) is 31.1 Å². The Morgan fingerprint density at radius 1 is 1.20 bits per heavy atom. The van der Waals surface area contributed by atoms with E-state index in [2.05, 4.69) is 15.0 Å². The van der Waals surface area contributed by atoms with Gasteiger partial charge < -0.3 is 9.47 Å². The lowest BCUT2D eigenvalue weighted by molar-refractivity contribution is 0.380. The normalized spacial score (nSPS) is 16.4. The lowest BCUT2D eigenvalue weighted by Crippen LogP contribution is -2.49. The molecule has 0 unspecified atom stereocenters. The maximum Gasteiger partial charge on any atom is 0.262 e. The quantitative estimate of drug-likeness (QED) is 0.791. The van der Waals surface area contributed by atoms with Gasteiger partial charge in [-0.25, -0.2) is 27.8 Å². The molecule has 10 heteroatoms. The van der Waals surface area contributed by atoms with Gasteiger partial charge in [0.05, 0.1) is 5.69 Å². The van der Waals surface area contributed by atoms with E-state index >= 15 is 0 Å². The van der Waals surface area contributed by atoms with Gasteiger partial charge in [-0.2, -0.15) is 4.31 Å². The van der Waals surface area contributed by atoms with Crippen molar-refractivity contribution in [3.05, 3.63) is 29.9 Å². The second-order valence-electron chi connectivity index (χ2n) is 5.94. The van der Waals surface area contributed by atoms with Gasteiger partial charge in [0.1, 0.15) is 12.2 Å². The van der Waals surface area contributed by atoms with Crippen LogP contribution in [0.15, 0.2) is 17.6 Å². The molecule has 2 aromatic heterocycles. The minimum Gasteiger partial charge on any atom is -0.351 e. The van der Waals surface area contributed by atoms with Crippen LogP contribution in [0.1, 0.15) is 18.4 Å². The topological polar surface area (TPSA) is 84.2 Å². The van der Waals surface area contributed by atoms with Crippen LogP contribution in [0.5, 0.6) is 0 Å². The Balaban J connectivity index is 1.76. The summed E-state index contributed by atoms with van der Waals surface area (Å²) in [5.74, 6) is 0.437. The van der Waals surface area contributed by atoms with Crippen molar-refractivity contribution >= 4 is 15.8 Å². The molecule has 0 amide bonds. The summed E-state index contributed by atoms with van der Waals surface area (Å²) in [5.41, 5.74) is 0.365. The minimum absolute atomic E-state index is 0.0439. The first-order valence-electron chi connectivity index (χ1n) is 8.09. The average Bonchev–Trinajstić information content (AvgIpc) is 2.95. The Labute approximate surface area is 146 Å². The number of rotatable bonds is 4. The second kappa shape index (κ2) is 6.68. The zero-order valence-corrected chi connectivity index (χ0v) is 15.3. The van der Waals surface area contributed by atoms with Gasteiger partial charge >= 0.3 is 0 Å². The molecule has 3 heterocycles. The zero-order chi connectivity index (χ0) is 18.2. The molecule has 0 bridgehead atoms. The van der Waals surface area contributed by atoms with E-state index in [0.29, 0.717) is 31.0 Å². The molecule has 25 heavy (non-hydrogen) atoms. The first kappa shape index (κ1) is 17.7. The zero-order valence-electron chi connectivity index (χ0n) is 14.5. The molecular formula is C15H21FN6O2S. The highest BCUT2D eigenvalue weighted by atomic mass is 32.2. The fourth-order valence-corrected chi connectivity index (χ4v) is 4.23. The number of anilines is 1. The molecular weight excluding hydrogens is 347 g/mol.